The number of hydrogen-bond donors (Lipinski definition) is 2. The van der Waals surface area contributed by atoms with E-state index in [0.29, 0.717) is 11.5 Å². The lowest BCUT2D eigenvalue weighted by atomic mass is 9.96. The third-order valence-corrected chi connectivity index (χ3v) is 3.80. The maximum absolute atomic E-state index is 9.84. The number of nitrogens with two attached hydrogens (primary N) is 1. The fourth-order valence-electron chi connectivity index (χ4n) is 2.30. The Bertz CT molecular complexity index is 431. The second-order valence-corrected chi connectivity index (χ2v) is 5.26. The van der Waals surface area contributed by atoms with Crippen LogP contribution in [0.2, 0.25) is 0 Å². The van der Waals surface area contributed by atoms with Crippen LogP contribution in [0.5, 0.6) is 17.2 Å². The van der Waals surface area contributed by atoms with Gasteiger partial charge in [0.05, 0.1) is 14.2 Å². The van der Waals surface area contributed by atoms with E-state index in [1.807, 2.05) is 0 Å². The van der Waals surface area contributed by atoms with Gasteiger partial charge in [0.2, 0.25) is 5.75 Å². The van der Waals surface area contributed by atoms with E-state index in [0.717, 1.165) is 12.0 Å². The highest BCUT2D eigenvalue weighted by molar-refractivity contribution is 5.55. The topological polar surface area (TPSA) is 64.7 Å². The van der Waals surface area contributed by atoms with Gasteiger partial charge in [0, 0.05) is 5.54 Å². The average Bonchev–Trinajstić information content (AvgIpc) is 2.79. The fraction of sp³-hybridized carbons (Fsp3) is 0.538. The highest BCUT2D eigenvalue weighted by atomic mass is 16.5. The van der Waals surface area contributed by atoms with Crippen LogP contribution in [-0.2, 0) is 5.54 Å². The molecule has 17 heavy (non-hydrogen) atoms. The van der Waals surface area contributed by atoms with Crippen LogP contribution in [0.1, 0.15) is 25.8 Å². The predicted molar refractivity (Wildman–Crippen MR) is 65.5 cm³/mol. The predicted octanol–water partition coefficient (Wildman–Crippen LogP) is 1.99. The van der Waals surface area contributed by atoms with E-state index in [4.69, 9.17) is 15.2 Å². The third-order valence-electron chi connectivity index (χ3n) is 3.80. The Morgan fingerprint density at radius 1 is 1.18 bits per heavy atom. The van der Waals surface area contributed by atoms with Crippen LogP contribution >= 0.6 is 0 Å². The molecule has 0 heterocycles. The lowest BCUT2D eigenvalue weighted by Crippen LogP contribution is -2.25. The van der Waals surface area contributed by atoms with E-state index < -0.39 is 0 Å². The summed E-state index contributed by atoms with van der Waals surface area (Å²) in [6.07, 6.45) is 0.914. The molecule has 4 nitrogen and oxygen atoms in total. The minimum Gasteiger partial charge on any atom is -0.502 e. The molecule has 0 aromatic heterocycles. The molecule has 1 saturated carbocycles. The summed E-state index contributed by atoms with van der Waals surface area (Å²) in [6, 6.07) is 3.57. The second kappa shape index (κ2) is 3.53. The Balaban J connectivity index is 2.50. The molecule has 1 aliphatic rings. The van der Waals surface area contributed by atoms with Gasteiger partial charge in [-0.25, -0.2) is 0 Å². The summed E-state index contributed by atoms with van der Waals surface area (Å²) >= 11 is 0. The molecule has 0 aliphatic heterocycles. The van der Waals surface area contributed by atoms with Gasteiger partial charge in [0.1, 0.15) is 0 Å². The van der Waals surface area contributed by atoms with Crippen LogP contribution in [0.3, 0.4) is 0 Å². The van der Waals surface area contributed by atoms with Crippen molar-refractivity contribution in [2.24, 2.45) is 11.1 Å². The van der Waals surface area contributed by atoms with E-state index in [2.05, 4.69) is 13.8 Å². The van der Waals surface area contributed by atoms with Gasteiger partial charge in [-0.2, -0.15) is 0 Å². The molecule has 0 saturated heterocycles. The number of hydrogen-bond acceptors (Lipinski definition) is 4. The normalized spacial score (nSPS) is 25.5. The van der Waals surface area contributed by atoms with Crippen LogP contribution in [0.4, 0.5) is 0 Å². The SMILES string of the molecule is COc1cc(C2(N)CC2(C)C)cc(OC)c1O. The summed E-state index contributed by atoms with van der Waals surface area (Å²) < 4.78 is 10.3. The molecule has 2 rings (SSSR count). The number of phenols is 1. The molecular formula is C13H19NO3. The van der Waals surface area contributed by atoms with Gasteiger partial charge in [-0.05, 0) is 29.5 Å². The van der Waals surface area contributed by atoms with E-state index in [1.54, 1.807) is 12.1 Å². The van der Waals surface area contributed by atoms with E-state index in [9.17, 15) is 5.11 Å². The summed E-state index contributed by atoms with van der Waals surface area (Å²) in [5.74, 6) is 0.805. The van der Waals surface area contributed by atoms with Crippen LogP contribution in [0.25, 0.3) is 0 Å². The molecule has 0 spiro atoms. The maximum atomic E-state index is 9.84. The molecule has 0 radical (unpaired) electrons. The van der Waals surface area contributed by atoms with E-state index in [1.165, 1.54) is 14.2 Å². The highest BCUT2D eigenvalue weighted by Gasteiger charge is 2.59. The second-order valence-electron chi connectivity index (χ2n) is 5.26. The number of methoxy groups -OCH3 is 2. The lowest BCUT2D eigenvalue weighted by Gasteiger charge is -2.18. The zero-order chi connectivity index (χ0) is 12.8. The summed E-state index contributed by atoms with van der Waals surface area (Å²) in [4.78, 5) is 0. The number of ether oxygens (including phenoxy) is 2. The monoisotopic (exact) mass is 237 g/mol. The first-order chi connectivity index (χ1) is 7.85. The summed E-state index contributed by atoms with van der Waals surface area (Å²) in [5.41, 5.74) is 7.00. The molecule has 1 aliphatic carbocycles. The van der Waals surface area contributed by atoms with E-state index in [-0.39, 0.29) is 16.7 Å². The lowest BCUT2D eigenvalue weighted by molar-refractivity contribution is 0.337. The first-order valence-electron chi connectivity index (χ1n) is 5.60. The van der Waals surface area contributed by atoms with Crippen molar-refractivity contribution in [3.8, 4) is 17.2 Å². The van der Waals surface area contributed by atoms with Crippen molar-refractivity contribution in [3.63, 3.8) is 0 Å². The fourth-order valence-corrected chi connectivity index (χ4v) is 2.30. The van der Waals surface area contributed by atoms with E-state index >= 15 is 0 Å². The molecular weight excluding hydrogens is 218 g/mol. The van der Waals surface area contributed by atoms with Crippen molar-refractivity contribution in [1.29, 1.82) is 0 Å². The number of rotatable bonds is 3. The van der Waals surface area contributed by atoms with Crippen LogP contribution in [-0.4, -0.2) is 19.3 Å². The molecule has 1 aromatic carbocycles. The van der Waals surface area contributed by atoms with Gasteiger partial charge in [-0.1, -0.05) is 13.8 Å². The van der Waals surface area contributed by atoms with Crippen molar-refractivity contribution in [1.82, 2.24) is 0 Å². The molecule has 4 heteroatoms. The highest BCUT2D eigenvalue weighted by Crippen LogP contribution is 2.61. The molecule has 1 unspecified atom stereocenters. The molecule has 3 N–H and O–H groups in total. The standard InChI is InChI=1S/C13H19NO3/c1-12(2)7-13(12,14)8-5-9(16-3)11(15)10(6-8)17-4/h5-6,15H,7,14H2,1-4H3. The van der Waals surface area contributed by atoms with Gasteiger partial charge in [-0.15, -0.1) is 0 Å². The first kappa shape index (κ1) is 12.0. The Hall–Kier alpha value is -1.42. The number of phenolic OH excluding ortho intramolecular Hbond substituents is 1. The summed E-state index contributed by atoms with van der Waals surface area (Å²) in [6.45, 7) is 4.25. The largest absolute Gasteiger partial charge is 0.502 e. The van der Waals surface area contributed by atoms with Crippen molar-refractivity contribution < 1.29 is 14.6 Å². The number of benzene rings is 1. The summed E-state index contributed by atoms with van der Waals surface area (Å²) in [7, 11) is 3.03. The average molecular weight is 237 g/mol. The minimum atomic E-state index is -0.360. The van der Waals surface area contributed by atoms with Crippen molar-refractivity contribution in [2.75, 3.05) is 14.2 Å². The smallest absolute Gasteiger partial charge is 0.200 e. The molecule has 94 valence electrons. The van der Waals surface area contributed by atoms with Crippen molar-refractivity contribution in [3.05, 3.63) is 17.7 Å². The minimum absolute atomic E-state index is 0.0146. The van der Waals surface area contributed by atoms with Gasteiger partial charge >= 0.3 is 0 Å². The Kier molecular flexibility index (Phi) is 2.51. The van der Waals surface area contributed by atoms with Crippen molar-refractivity contribution >= 4 is 0 Å². The van der Waals surface area contributed by atoms with Crippen LogP contribution in [0.15, 0.2) is 12.1 Å². The third kappa shape index (κ3) is 1.63. The Morgan fingerprint density at radius 3 is 1.88 bits per heavy atom. The van der Waals surface area contributed by atoms with Gasteiger partial charge < -0.3 is 20.3 Å². The maximum Gasteiger partial charge on any atom is 0.200 e. The van der Waals surface area contributed by atoms with Crippen molar-refractivity contribution in [2.45, 2.75) is 25.8 Å². The molecule has 0 amide bonds. The van der Waals surface area contributed by atoms with Gasteiger partial charge in [0.25, 0.3) is 0 Å². The van der Waals surface area contributed by atoms with Crippen LogP contribution < -0.4 is 15.2 Å². The zero-order valence-electron chi connectivity index (χ0n) is 10.7. The zero-order valence-corrected chi connectivity index (χ0v) is 10.7. The Morgan fingerprint density at radius 2 is 1.59 bits per heavy atom. The first-order valence-corrected chi connectivity index (χ1v) is 5.60. The number of aromatic hydroxyl groups is 1. The molecule has 0 bridgehead atoms. The quantitative estimate of drug-likeness (QED) is 0.843. The van der Waals surface area contributed by atoms with Gasteiger partial charge in [-0.3, -0.25) is 0 Å². The molecule has 1 atom stereocenters. The Labute approximate surface area is 101 Å². The molecule has 1 aromatic rings. The van der Waals surface area contributed by atoms with Crippen LogP contribution in [0, 0.1) is 5.41 Å². The summed E-state index contributed by atoms with van der Waals surface area (Å²) in [5, 5.41) is 9.84. The van der Waals surface area contributed by atoms with Gasteiger partial charge in [0.15, 0.2) is 11.5 Å². The molecule has 1 fully saturated rings.